The summed E-state index contributed by atoms with van der Waals surface area (Å²) in [6, 6.07) is 16.5. The molecule has 4 rings (SSSR count). The molecule has 3 aromatic rings. The van der Waals surface area contributed by atoms with Crippen LogP contribution in [0.15, 0.2) is 58.6 Å². The van der Waals surface area contributed by atoms with Gasteiger partial charge in [0.2, 0.25) is 5.95 Å². The monoisotopic (exact) mass is 483 g/mol. The second-order valence-corrected chi connectivity index (χ2v) is 8.39. The number of hydrogen-bond acceptors (Lipinski definition) is 10. The zero-order valence-electron chi connectivity index (χ0n) is 19.6. The van der Waals surface area contributed by atoms with E-state index in [4.69, 9.17) is 21.9 Å². The van der Waals surface area contributed by atoms with Crippen molar-refractivity contribution < 1.29 is 9.90 Å². The standard InChI is InChI=1S/C25H25N9O2/c1-15(34-13-18(14-34)24(35)36)20-7-3-6-19(30-20)11-29-12-23(33-28)22-9-21(31-25(27)32-22)17-5-2-4-16(8-17)10-26/h2-9,12,15,18H,11,13-14,28H2,1H3,(H,35,36)(H2,27,31,32)/t15-/m0/s1. The van der Waals surface area contributed by atoms with Gasteiger partial charge < -0.3 is 16.7 Å². The number of aromatic nitrogens is 3. The smallest absolute Gasteiger partial charge is 0.309 e. The number of carboxylic acids is 1. The lowest BCUT2D eigenvalue weighted by Gasteiger charge is -2.40. The van der Waals surface area contributed by atoms with Crippen LogP contribution in [0.3, 0.4) is 0 Å². The fourth-order valence-electron chi connectivity index (χ4n) is 3.88. The summed E-state index contributed by atoms with van der Waals surface area (Å²) in [5, 5.41) is 22.1. The number of likely N-dealkylation sites (tertiary alicyclic amines) is 1. The van der Waals surface area contributed by atoms with E-state index in [9.17, 15) is 4.79 Å². The molecule has 36 heavy (non-hydrogen) atoms. The molecule has 0 bridgehead atoms. The van der Waals surface area contributed by atoms with Gasteiger partial charge in [-0.1, -0.05) is 18.2 Å². The first-order valence-corrected chi connectivity index (χ1v) is 11.2. The summed E-state index contributed by atoms with van der Waals surface area (Å²) in [7, 11) is 0. The summed E-state index contributed by atoms with van der Waals surface area (Å²) in [6.07, 6.45) is 1.50. The van der Waals surface area contributed by atoms with Gasteiger partial charge >= 0.3 is 5.97 Å². The van der Waals surface area contributed by atoms with Gasteiger partial charge in [-0.25, -0.2) is 9.97 Å². The largest absolute Gasteiger partial charge is 0.481 e. The molecule has 11 heteroatoms. The molecule has 2 aromatic heterocycles. The fraction of sp³-hybridized carbons (Fsp3) is 0.240. The highest BCUT2D eigenvalue weighted by molar-refractivity contribution is 6.37. The highest BCUT2D eigenvalue weighted by Gasteiger charge is 2.35. The normalized spacial score (nSPS) is 15.4. The number of pyridine rings is 1. The molecule has 1 aliphatic heterocycles. The van der Waals surface area contributed by atoms with Crippen molar-refractivity contribution in [2.24, 2.45) is 21.9 Å². The van der Waals surface area contributed by atoms with Crippen LogP contribution in [0, 0.1) is 17.2 Å². The molecule has 0 saturated carbocycles. The molecule has 1 atom stereocenters. The number of anilines is 1. The lowest BCUT2D eigenvalue weighted by atomic mass is 9.97. The maximum absolute atomic E-state index is 11.1. The van der Waals surface area contributed by atoms with Gasteiger partial charge in [-0.15, -0.1) is 0 Å². The summed E-state index contributed by atoms with van der Waals surface area (Å²) >= 11 is 0. The highest BCUT2D eigenvalue weighted by atomic mass is 16.4. The average Bonchev–Trinajstić information content (AvgIpc) is 2.85. The summed E-state index contributed by atoms with van der Waals surface area (Å²) < 4.78 is 0. The molecular formula is C25H25N9O2. The second-order valence-electron chi connectivity index (χ2n) is 8.39. The number of nitrogens with two attached hydrogens (primary N) is 2. The minimum absolute atomic E-state index is 0.00708. The van der Waals surface area contributed by atoms with Crippen LogP contribution in [0.1, 0.15) is 35.6 Å². The molecule has 1 aromatic carbocycles. The van der Waals surface area contributed by atoms with Crippen molar-refractivity contribution in [3.05, 3.63) is 71.2 Å². The Kier molecular flexibility index (Phi) is 7.27. The van der Waals surface area contributed by atoms with Gasteiger partial charge in [-0.05, 0) is 37.3 Å². The van der Waals surface area contributed by atoms with Crippen LogP contribution in [-0.2, 0) is 11.3 Å². The maximum atomic E-state index is 11.1. The quantitative estimate of drug-likeness (QED) is 0.245. The molecule has 0 amide bonds. The second kappa shape index (κ2) is 10.7. The van der Waals surface area contributed by atoms with E-state index in [1.807, 2.05) is 31.2 Å². The third-order valence-corrected chi connectivity index (χ3v) is 5.96. The molecule has 0 radical (unpaired) electrons. The molecular weight excluding hydrogens is 458 g/mol. The zero-order valence-corrected chi connectivity index (χ0v) is 19.6. The molecule has 0 spiro atoms. The summed E-state index contributed by atoms with van der Waals surface area (Å²) in [5.41, 5.74) is 9.97. The first kappa shape index (κ1) is 24.4. The Hall–Kier alpha value is -4.69. The van der Waals surface area contributed by atoms with Crippen LogP contribution >= 0.6 is 0 Å². The number of benzene rings is 1. The van der Waals surface area contributed by atoms with Gasteiger partial charge in [-0.3, -0.25) is 19.7 Å². The van der Waals surface area contributed by atoms with Crippen LogP contribution in [0.25, 0.3) is 11.3 Å². The van der Waals surface area contributed by atoms with E-state index in [-0.39, 0.29) is 24.5 Å². The number of carbonyl (C=O) groups is 1. The lowest BCUT2D eigenvalue weighted by molar-refractivity contribution is -0.148. The van der Waals surface area contributed by atoms with Gasteiger partial charge in [0.15, 0.2) is 0 Å². The van der Waals surface area contributed by atoms with Crippen molar-refractivity contribution in [2.75, 3.05) is 18.8 Å². The number of hydrogen-bond donors (Lipinski definition) is 3. The van der Waals surface area contributed by atoms with Gasteiger partial charge in [0.1, 0.15) is 5.71 Å². The number of nitriles is 1. The van der Waals surface area contributed by atoms with E-state index in [0.29, 0.717) is 41.3 Å². The van der Waals surface area contributed by atoms with Crippen LogP contribution in [-0.4, -0.2) is 55.9 Å². The SMILES string of the molecule is C[C@@H](c1cccc(CN=CC(=NN)c2cc(-c3cccc(C#N)c3)nc(N)n2)n1)N1CC(C(=O)O)C1. The Balaban J connectivity index is 1.47. The molecule has 1 aliphatic rings. The molecule has 3 heterocycles. The Morgan fingerprint density at radius 1 is 1.25 bits per heavy atom. The van der Waals surface area contributed by atoms with Crippen LogP contribution in [0.5, 0.6) is 0 Å². The number of nitrogen functional groups attached to an aromatic ring is 1. The van der Waals surface area contributed by atoms with Crippen molar-refractivity contribution in [3.8, 4) is 17.3 Å². The molecule has 1 fully saturated rings. The Bertz CT molecular complexity index is 1370. The zero-order chi connectivity index (χ0) is 25.7. The minimum Gasteiger partial charge on any atom is -0.481 e. The van der Waals surface area contributed by atoms with Gasteiger partial charge in [0.25, 0.3) is 0 Å². The summed E-state index contributed by atoms with van der Waals surface area (Å²) in [4.78, 5) is 30.7. The Labute approximate surface area is 207 Å². The van der Waals surface area contributed by atoms with E-state index >= 15 is 0 Å². The van der Waals surface area contributed by atoms with E-state index < -0.39 is 5.97 Å². The molecule has 0 unspecified atom stereocenters. The van der Waals surface area contributed by atoms with Crippen molar-refractivity contribution in [1.82, 2.24) is 19.9 Å². The van der Waals surface area contributed by atoms with E-state index in [1.165, 1.54) is 6.21 Å². The van der Waals surface area contributed by atoms with E-state index in [0.717, 1.165) is 11.4 Å². The molecule has 0 aliphatic carbocycles. The molecule has 11 nitrogen and oxygen atoms in total. The third kappa shape index (κ3) is 5.51. The van der Waals surface area contributed by atoms with Crippen LogP contribution < -0.4 is 11.6 Å². The molecule has 182 valence electrons. The van der Waals surface area contributed by atoms with Gasteiger partial charge in [0.05, 0.1) is 53.1 Å². The number of aliphatic carboxylic acids is 1. The predicted molar refractivity (Wildman–Crippen MR) is 135 cm³/mol. The minimum atomic E-state index is -0.764. The number of rotatable bonds is 8. The highest BCUT2D eigenvalue weighted by Crippen LogP contribution is 2.27. The number of hydrazone groups is 1. The lowest BCUT2D eigenvalue weighted by Crippen LogP contribution is -2.51. The average molecular weight is 484 g/mol. The first-order chi connectivity index (χ1) is 17.4. The van der Waals surface area contributed by atoms with Crippen molar-refractivity contribution >= 4 is 23.8 Å². The van der Waals surface area contributed by atoms with Gasteiger partial charge in [-0.2, -0.15) is 10.4 Å². The van der Waals surface area contributed by atoms with Crippen molar-refractivity contribution in [1.29, 1.82) is 5.26 Å². The summed E-state index contributed by atoms with van der Waals surface area (Å²) in [5.74, 6) is 4.57. The van der Waals surface area contributed by atoms with E-state index in [1.54, 1.807) is 24.3 Å². The molecule has 5 N–H and O–H groups in total. The maximum Gasteiger partial charge on any atom is 0.309 e. The molecule has 1 saturated heterocycles. The topological polar surface area (TPSA) is 180 Å². The number of aliphatic imine (C=N–C) groups is 1. The number of nitrogens with zero attached hydrogens (tertiary/aromatic N) is 7. The van der Waals surface area contributed by atoms with E-state index in [2.05, 4.69) is 36.0 Å². The Morgan fingerprint density at radius 2 is 2.03 bits per heavy atom. The first-order valence-electron chi connectivity index (χ1n) is 11.2. The van der Waals surface area contributed by atoms with Crippen molar-refractivity contribution in [2.45, 2.75) is 19.5 Å². The number of carboxylic acid groups (broad SMARTS) is 1. The van der Waals surface area contributed by atoms with Crippen molar-refractivity contribution in [3.63, 3.8) is 0 Å². The van der Waals surface area contributed by atoms with Gasteiger partial charge in [0, 0.05) is 24.7 Å². The Morgan fingerprint density at radius 3 is 2.75 bits per heavy atom. The predicted octanol–water partition coefficient (Wildman–Crippen LogP) is 2.00. The van der Waals surface area contributed by atoms with Crippen LogP contribution in [0.4, 0.5) is 5.95 Å². The van der Waals surface area contributed by atoms with Crippen LogP contribution in [0.2, 0.25) is 0 Å². The third-order valence-electron chi connectivity index (χ3n) is 5.96. The summed E-state index contributed by atoms with van der Waals surface area (Å²) in [6.45, 7) is 3.33. The fourth-order valence-corrected chi connectivity index (χ4v) is 3.88.